The number of halogens is 2. The van der Waals surface area contributed by atoms with Crippen LogP contribution in [-0.2, 0) is 9.53 Å². The number of aliphatic hydroxyl groups is 1. The largest absolute Gasteiger partial charge is 0.452 e. The molecule has 2 unspecified atom stereocenters. The van der Waals surface area contributed by atoms with Crippen LogP contribution >= 0.6 is 0 Å². The van der Waals surface area contributed by atoms with Gasteiger partial charge in [-0.1, -0.05) is 46.1 Å². The lowest BCUT2D eigenvalue weighted by Crippen LogP contribution is -2.45. The van der Waals surface area contributed by atoms with Gasteiger partial charge in [0.2, 0.25) is 0 Å². The third kappa shape index (κ3) is 6.46. The molecule has 1 N–H and O–H groups in total. The maximum Gasteiger partial charge on any atom is 0.312 e. The molecule has 20 heavy (non-hydrogen) atoms. The number of unbranched alkanes of at least 4 members (excludes halogenated alkanes) is 3. The van der Waals surface area contributed by atoms with Gasteiger partial charge in [-0.05, 0) is 18.9 Å². The molecule has 0 amide bonds. The van der Waals surface area contributed by atoms with Gasteiger partial charge < -0.3 is 9.84 Å². The van der Waals surface area contributed by atoms with E-state index in [4.69, 9.17) is 4.74 Å². The molecular formula is C15H26F2O3. The van der Waals surface area contributed by atoms with E-state index >= 15 is 0 Å². The zero-order valence-electron chi connectivity index (χ0n) is 12.4. The zero-order chi connectivity index (χ0) is 15.6. The molecular weight excluding hydrogens is 266 g/mol. The molecule has 0 aliphatic heterocycles. The second-order valence-corrected chi connectivity index (χ2v) is 4.94. The summed E-state index contributed by atoms with van der Waals surface area (Å²) in [7, 11) is 0. The summed E-state index contributed by atoms with van der Waals surface area (Å²) in [4.78, 5) is 11.4. The maximum absolute atomic E-state index is 14.0. The van der Waals surface area contributed by atoms with Crippen LogP contribution < -0.4 is 0 Å². The van der Waals surface area contributed by atoms with Crippen molar-refractivity contribution in [3.63, 3.8) is 0 Å². The minimum absolute atomic E-state index is 0.0162. The Bertz CT molecular complexity index is 293. The molecule has 0 saturated heterocycles. The maximum atomic E-state index is 14.0. The Morgan fingerprint density at radius 3 is 2.40 bits per heavy atom. The van der Waals surface area contributed by atoms with Crippen LogP contribution in [0.5, 0.6) is 0 Å². The molecule has 0 aromatic rings. The van der Waals surface area contributed by atoms with Crippen LogP contribution in [0.15, 0.2) is 12.7 Å². The predicted octanol–water partition coefficient (Wildman–Crippen LogP) is 3.85. The molecule has 3 nitrogen and oxygen atoms in total. The van der Waals surface area contributed by atoms with Crippen molar-refractivity contribution in [3.05, 3.63) is 12.7 Å². The topological polar surface area (TPSA) is 46.5 Å². The summed E-state index contributed by atoms with van der Waals surface area (Å²) in [5.41, 5.74) is 0. The Hall–Kier alpha value is -0.970. The lowest BCUT2D eigenvalue weighted by molar-refractivity contribution is -0.190. The Morgan fingerprint density at radius 2 is 1.90 bits per heavy atom. The van der Waals surface area contributed by atoms with Crippen LogP contribution in [0.1, 0.15) is 58.8 Å². The van der Waals surface area contributed by atoms with E-state index in [9.17, 15) is 18.7 Å². The fourth-order valence-electron chi connectivity index (χ4n) is 1.78. The van der Waals surface area contributed by atoms with Crippen LogP contribution in [0.2, 0.25) is 0 Å². The van der Waals surface area contributed by atoms with Gasteiger partial charge >= 0.3 is 11.9 Å². The third-order valence-electron chi connectivity index (χ3n) is 3.11. The molecule has 0 aliphatic carbocycles. The SMILES string of the molecule is C=CC(OC(=O)CCCC)C(F)(F)C(O)CCCCC. The van der Waals surface area contributed by atoms with E-state index in [0.29, 0.717) is 12.8 Å². The highest BCUT2D eigenvalue weighted by Gasteiger charge is 2.47. The quantitative estimate of drug-likeness (QED) is 0.357. The molecule has 0 aromatic carbocycles. The summed E-state index contributed by atoms with van der Waals surface area (Å²) in [6, 6.07) is 0. The molecule has 0 fully saturated rings. The molecule has 0 rings (SSSR count). The fraction of sp³-hybridized carbons (Fsp3) is 0.800. The standard InChI is InChI=1S/C15H26F2O3/c1-4-7-9-10-12(18)15(16,17)13(6-3)20-14(19)11-8-5-2/h6,12-13,18H,3-5,7-11H2,1-2H3. The van der Waals surface area contributed by atoms with E-state index in [-0.39, 0.29) is 12.8 Å². The van der Waals surface area contributed by atoms with Crippen molar-refractivity contribution in [2.45, 2.75) is 76.9 Å². The molecule has 0 aromatic heterocycles. The smallest absolute Gasteiger partial charge is 0.312 e. The van der Waals surface area contributed by atoms with Crippen LogP contribution in [0, 0.1) is 0 Å². The van der Waals surface area contributed by atoms with E-state index in [1.165, 1.54) is 0 Å². The van der Waals surface area contributed by atoms with Crippen LogP contribution in [0.4, 0.5) is 8.78 Å². The lowest BCUT2D eigenvalue weighted by Gasteiger charge is -2.28. The van der Waals surface area contributed by atoms with Crippen molar-refractivity contribution in [1.29, 1.82) is 0 Å². The first-order valence-electron chi connectivity index (χ1n) is 7.28. The molecule has 0 aliphatic rings. The molecule has 5 heteroatoms. The van der Waals surface area contributed by atoms with Crippen LogP contribution in [0.25, 0.3) is 0 Å². The number of alkyl halides is 2. The second-order valence-electron chi connectivity index (χ2n) is 4.94. The minimum Gasteiger partial charge on any atom is -0.452 e. The van der Waals surface area contributed by atoms with E-state index in [1.54, 1.807) is 0 Å². The monoisotopic (exact) mass is 292 g/mol. The van der Waals surface area contributed by atoms with Gasteiger partial charge in [0, 0.05) is 6.42 Å². The molecule has 0 saturated carbocycles. The van der Waals surface area contributed by atoms with Gasteiger partial charge in [0.15, 0.2) is 6.10 Å². The normalized spacial score (nSPS) is 14.7. The van der Waals surface area contributed by atoms with Gasteiger partial charge in [0.1, 0.15) is 6.10 Å². The van der Waals surface area contributed by atoms with Gasteiger partial charge in [0.25, 0.3) is 0 Å². The van der Waals surface area contributed by atoms with Gasteiger partial charge in [-0.25, -0.2) is 0 Å². The van der Waals surface area contributed by atoms with Crippen molar-refractivity contribution in [3.8, 4) is 0 Å². The summed E-state index contributed by atoms with van der Waals surface area (Å²) in [6.45, 7) is 7.12. The van der Waals surface area contributed by atoms with E-state index in [0.717, 1.165) is 25.3 Å². The molecule has 0 spiro atoms. The molecule has 2 atom stereocenters. The number of aliphatic hydroxyl groups excluding tert-OH is 1. The molecule has 0 heterocycles. The van der Waals surface area contributed by atoms with Crippen molar-refractivity contribution in [2.24, 2.45) is 0 Å². The third-order valence-corrected chi connectivity index (χ3v) is 3.11. The van der Waals surface area contributed by atoms with E-state index < -0.39 is 24.1 Å². The summed E-state index contributed by atoms with van der Waals surface area (Å²) < 4.78 is 32.7. The summed E-state index contributed by atoms with van der Waals surface area (Å²) in [5.74, 6) is -4.19. The first-order chi connectivity index (χ1) is 9.39. The lowest BCUT2D eigenvalue weighted by atomic mass is 10.0. The van der Waals surface area contributed by atoms with Crippen LogP contribution in [0.3, 0.4) is 0 Å². The average molecular weight is 292 g/mol. The zero-order valence-corrected chi connectivity index (χ0v) is 12.4. The molecule has 0 radical (unpaired) electrons. The minimum atomic E-state index is -3.50. The summed E-state index contributed by atoms with van der Waals surface area (Å²) in [6.07, 6.45) is 0.919. The Kier molecular flexibility index (Phi) is 9.38. The number of carbonyl (C=O) groups is 1. The Balaban J connectivity index is 4.50. The number of hydrogen-bond acceptors (Lipinski definition) is 3. The van der Waals surface area contributed by atoms with Crippen molar-refractivity contribution < 1.29 is 23.4 Å². The summed E-state index contributed by atoms with van der Waals surface area (Å²) >= 11 is 0. The van der Waals surface area contributed by atoms with Gasteiger partial charge in [-0.2, -0.15) is 8.78 Å². The second kappa shape index (κ2) is 9.86. The molecule has 0 bridgehead atoms. The molecule has 118 valence electrons. The highest BCUT2D eigenvalue weighted by atomic mass is 19.3. The van der Waals surface area contributed by atoms with E-state index in [1.807, 2.05) is 13.8 Å². The van der Waals surface area contributed by atoms with Gasteiger partial charge in [-0.15, -0.1) is 0 Å². The van der Waals surface area contributed by atoms with Crippen molar-refractivity contribution in [1.82, 2.24) is 0 Å². The first-order valence-corrected chi connectivity index (χ1v) is 7.28. The highest BCUT2D eigenvalue weighted by Crippen LogP contribution is 2.29. The summed E-state index contributed by atoms with van der Waals surface area (Å²) in [5, 5.41) is 9.60. The fourth-order valence-corrected chi connectivity index (χ4v) is 1.78. The van der Waals surface area contributed by atoms with E-state index in [2.05, 4.69) is 6.58 Å². The first kappa shape index (κ1) is 19.0. The predicted molar refractivity (Wildman–Crippen MR) is 74.7 cm³/mol. The highest BCUT2D eigenvalue weighted by molar-refractivity contribution is 5.69. The Labute approximate surface area is 120 Å². The van der Waals surface area contributed by atoms with Crippen LogP contribution in [-0.4, -0.2) is 29.2 Å². The van der Waals surface area contributed by atoms with Crippen molar-refractivity contribution >= 4 is 5.97 Å². The van der Waals surface area contributed by atoms with Gasteiger partial charge in [0.05, 0.1) is 0 Å². The number of carbonyl (C=O) groups excluding carboxylic acids is 1. The Morgan fingerprint density at radius 1 is 1.30 bits per heavy atom. The average Bonchev–Trinajstić information content (AvgIpc) is 2.42. The number of rotatable bonds is 11. The number of hydrogen-bond donors (Lipinski definition) is 1. The van der Waals surface area contributed by atoms with Gasteiger partial charge in [-0.3, -0.25) is 4.79 Å². The van der Waals surface area contributed by atoms with Crippen molar-refractivity contribution in [2.75, 3.05) is 0 Å². The number of ether oxygens (including phenoxy) is 1. The number of esters is 1.